The van der Waals surface area contributed by atoms with Crippen LogP contribution in [0.4, 0.5) is 10.6 Å². The Balaban J connectivity index is 0.999. The predicted octanol–water partition coefficient (Wildman–Crippen LogP) is 4.31. The number of carbonyl (C=O) groups excluding carboxylic acids is 1. The van der Waals surface area contributed by atoms with Crippen LogP contribution >= 0.6 is 0 Å². The Labute approximate surface area is 240 Å². The summed E-state index contributed by atoms with van der Waals surface area (Å²) in [5.41, 5.74) is -0.166. The maximum absolute atomic E-state index is 12.3. The molecule has 0 radical (unpaired) electrons. The standard InChI is InChI=1S/C30H48BN3O6/c1-28(2,3)38-27(35)34-16-11-23(12-17-34)37-25-19-24(20-25)36-22-9-14-33(15-10-22)26-18-21(8-13-32-26)31-39-29(4,5)30(6,7)40-31/h8,13,18,22-25H,9-12,14-17,19-20H2,1-7H3. The fourth-order valence-corrected chi connectivity index (χ4v) is 5.74. The fraction of sp³-hybridized carbons (Fsp3) is 0.800. The van der Waals surface area contributed by atoms with E-state index in [2.05, 4.69) is 43.6 Å². The molecule has 9 nitrogen and oxygen atoms in total. The molecule has 0 unspecified atom stereocenters. The maximum atomic E-state index is 12.3. The molecule has 1 amide bonds. The quantitative estimate of drug-likeness (QED) is 0.479. The number of nitrogens with zero attached hydrogens (tertiary/aromatic N) is 3. The van der Waals surface area contributed by atoms with Crippen LogP contribution in [0.2, 0.25) is 0 Å². The second kappa shape index (κ2) is 11.4. The maximum Gasteiger partial charge on any atom is 0.495 e. The number of hydrogen-bond acceptors (Lipinski definition) is 8. The highest BCUT2D eigenvalue weighted by Crippen LogP contribution is 2.37. The van der Waals surface area contributed by atoms with E-state index < -0.39 is 5.60 Å². The second-order valence-corrected chi connectivity index (χ2v) is 13.9. The van der Waals surface area contributed by atoms with Gasteiger partial charge in [0.2, 0.25) is 0 Å². The normalized spacial score (nSPS) is 27.5. The highest BCUT2D eigenvalue weighted by Gasteiger charge is 2.51. The summed E-state index contributed by atoms with van der Waals surface area (Å²) in [6, 6.07) is 4.09. The number of pyridine rings is 1. The molecule has 1 aliphatic carbocycles. The number of rotatable bonds is 6. The lowest BCUT2D eigenvalue weighted by Gasteiger charge is -2.42. The Morgan fingerprint density at radius 1 is 0.900 bits per heavy atom. The molecule has 0 aromatic carbocycles. The SMILES string of the molecule is CC(C)(C)OC(=O)N1CCC(OC2CC(OC3CCN(c4cc(B5OC(C)(C)C(C)(C)O5)ccn4)CC3)C2)CC1. The lowest BCUT2D eigenvalue weighted by molar-refractivity contribution is -0.153. The minimum Gasteiger partial charge on any atom is -0.444 e. The number of likely N-dealkylation sites (tertiary alicyclic amines) is 1. The summed E-state index contributed by atoms with van der Waals surface area (Å²) in [4.78, 5) is 21.1. The number of amides is 1. The summed E-state index contributed by atoms with van der Waals surface area (Å²) in [6.07, 6.45) is 8.33. The van der Waals surface area contributed by atoms with Crippen LogP contribution in [0.5, 0.6) is 0 Å². The zero-order valence-electron chi connectivity index (χ0n) is 25.5. The van der Waals surface area contributed by atoms with Gasteiger partial charge in [0.25, 0.3) is 0 Å². The van der Waals surface area contributed by atoms with Crippen molar-refractivity contribution >= 4 is 24.5 Å². The number of anilines is 1. The van der Waals surface area contributed by atoms with Crippen LogP contribution < -0.4 is 10.4 Å². The number of ether oxygens (including phenoxy) is 3. The van der Waals surface area contributed by atoms with Crippen LogP contribution in [-0.2, 0) is 23.5 Å². The molecule has 3 aliphatic heterocycles. The van der Waals surface area contributed by atoms with E-state index in [0.717, 1.165) is 62.9 Å². The van der Waals surface area contributed by atoms with Crippen LogP contribution in [0.1, 0.15) is 87.0 Å². The smallest absolute Gasteiger partial charge is 0.444 e. The monoisotopic (exact) mass is 557 g/mol. The molecule has 222 valence electrons. The van der Waals surface area contributed by atoms with Crippen molar-refractivity contribution in [3.63, 3.8) is 0 Å². The Morgan fingerprint density at radius 2 is 1.43 bits per heavy atom. The van der Waals surface area contributed by atoms with Crippen LogP contribution in [0.15, 0.2) is 18.3 Å². The van der Waals surface area contributed by atoms with E-state index in [1.165, 1.54) is 0 Å². The molecule has 4 aliphatic rings. The number of carbonyl (C=O) groups is 1. The van der Waals surface area contributed by atoms with E-state index in [4.69, 9.17) is 23.5 Å². The van der Waals surface area contributed by atoms with Gasteiger partial charge in [0.1, 0.15) is 11.4 Å². The third kappa shape index (κ3) is 6.94. The molecule has 1 aromatic heterocycles. The molecule has 3 saturated heterocycles. The average molecular weight is 558 g/mol. The van der Waals surface area contributed by atoms with E-state index >= 15 is 0 Å². The topological polar surface area (TPSA) is 82.6 Å². The summed E-state index contributed by atoms with van der Waals surface area (Å²) in [5, 5.41) is 0. The molecule has 4 fully saturated rings. The van der Waals surface area contributed by atoms with Gasteiger partial charge in [0.15, 0.2) is 0 Å². The summed E-state index contributed by atoms with van der Waals surface area (Å²) in [5.74, 6) is 0.973. The first-order valence-electron chi connectivity index (χ1n) is 15.1. The van der Waals surface area contributed by atoms with Crippen molar-refractivity contribution in [2.24, 2.45) is 0 Å². The molecule has 40 heavy (non-hydrogen) atoms. The van der Waals surface area contributed by atoms with Gasteiger partial charge in [-0.25, -0.2) is 9.78 Å². The zero-order valence-corrected chi connectivity index (χ0v) is 25.5. The first-order valence-corrected chi connectivity index (χ1v) is 15.1. The molecule has 0 N–H and O–H groups in total. The molecule has 0 atom stereocenters. The number of aromatic nitrogens is 1. The molecule has 5 rings (SSSR count). The van der Waals surface area contributed by atoms with Gasteiger partial charge in [-0.3, -0.25) is 0 Å². The molecular formula is C30H48BN3O6. The van der Waals surface area contributed by atoms with Gasteiger partial charge in [0, 0.05) is 32.4 Å². The van der Waals surface area contributed by atoms with Gasteiger partial charge in [-0.15, -0.1) is 0 Å². The molecule has 0 spiro atoms. The van der Waals surface area contributed by atoms with Gasteiger partial charge in [-0.2, -0.15) is 0 Å². The fourth-order valence-electron chi connectivity index (χ4n) is 5.74. The summed E-state index contributed by atoms with van der Waals surface area (Å²) >= 11 is 0. The van der Waals surface area contributed by atoms with Crippen molar-refractivity contribution in [3.05, 3.63) is 18.3 Å². The van der Waals surface area contributed by atoms with Crippen molar-refractivity contribution in [2.45, 2.75) is 128 Å². The zero-order chi connectivity index (χ0) is 28.7. The van der Waals surface area contributed by atoms with E-state index in [0.29, 0.717) is 13.1 Å². The minimum absolute atomic E-state index is 0.216. The Kier molecular flexibility index (Phi) is 8.46. The molecule has 0 bridgehead atoms. The van der Waals surface area contributed by atoms with E-state index in [1.807, 2.05) is 33.0 Å². The molecule has 4 heterocycles. The predicted molar refractivity (Wildman–Crippen MR) is 155 cm³/mol. The molecule has 1 saturated carbocycles. The van der Waals surface area contributed by atoms with Crippen LogP contribution in [0, 0.1) is 0 Å². The average Bonchev–Trinajstić information content (AvgIpc) is 3.09. The number of hydrogen-bond donors (Lipinski definition) is 0. The second-order valence-electron chi connectivity index (χ2n) is 13.9. The summed E-state index contributed by atoms with van der Waals surface area (Å²) in [6.45, 7) is 17.2. The van der Waals surface area contributed by atoms with Crippen molar-refractivity contribution in [2.75, 3.05) is 31.1 Å². The Hall–Kier alpha value is -1.88. The van der Waals surface area contributed by atoms with E-state index in [9.17, 15) is 4.79 Å². The van der Waals surface area contributed by atoms with Gasteiger partial charge >= 0.3 is 13.2 Å². The van der Waals surface area contributed by atoms with Gasteiger partial charge < -0.3 is 33.3 Å². The number of piperidine rings is 2. The lowest BCUT2D eigenvalue weighted by atomic mass is 9.79. The van der Waals surface area contributed by atoms with E-state index in [1.54, 1.807) is 4.90 Å². The Morgan fingerprint density at radius 3 is 1.95 bits per heavy atom. The summed E-state index contributed by atoms with van der Waals surface area (Å²) < 4.78 is 30.7. The summed E-state index contributed by atoms with van der Waals surface area (Å²) in [7, 11) is -0.376. The minimum atomic E-state index is -0.459. The molecule has 1 aromatic rings. The van der Waals surface area contributed by atoms with Gasteiger partial charge in [0.05, 0.1) is 35.6 Å². The molecule has 10 heteroatoms. The van der Waals surface area contributed by atoms with E-state index in [-0.39, 0.29) is 48.8 Å². The van der Waals surface area contributed by atoms with Crippen molar-refractivity contribution in [3.8, 4) is 0 Å². The lowest BCUT2D eigenvalue weighted by Crippen LogP contribution is -2.47. The first kappa shape index (κ1) is 29.6. The third-order valence-electron chi connectivity index (χ3n) is 8.98. The molecular weight excluding hydrogens is 509 g/mol. The van der Waals surface area contributed by atoms with Crippen molar-refractivity contribution < 1.29 is 28.3 Å². The van der Waals surface area contributed by atoms with Crippen LogP contribution in [-0.4, -0.2) is 90.5 Å². The van der Waals surface area contributed by atoms with Crippen molar-refractivity contribution in [1.82, 2.24) is 9.88 Å². The first-order chi connectivity index (χ1) is 18.8. The largest absolute Gasteiger partial charge is 0.495 e. The van der Waals surface area contributed by atoms with Gasteiger partial charge in [-0.1, -0.05) is 0 Å². The van der Waals surface area contributed by atoms with Crippen LogP contribution in [0.3, 0.4) is 0 Å². The highest BCUT2D eigenvalue weighted by atomic mass is 16.7. The van der Waals surface area contributed by atoms with Crippen molar-refractivity contribution in [1.29, 1.82) is 0 Å². The van der Waals surface area contributed by atoms with Crippen LogP contribution in [0.25, 0.3) is 0 Å². The Bertz CT molecular complexity index is 1010. The third-order valence-corrected chi connectivity index (χ3v) is 8.98. The highest BCUT2D eigenvalue weighted by molar-refractivity contribution is 6.62. The van der Waals surface area contributed by atoms with Gasteiger partial charge in [-0.05, 0) is 105 Å².